The molecule has 2 atom stereocenters. The predicted molar refractivity (Wildman–Crippen MR) is 217 cm³/mol. The second kappa shape index (κ2) is 11.5. The van der Waals surface area contributed by atoms with Gasteiger partial charge in [-0.1, -0.05) is 146 Å². The third-order valence-corrected chi connectivity index (χ3v) is 10.9. The van der Waals surface area contributed by atoms with Crippen molar-refractivity contribution in [2.45, 2.75) is 12.2 Å². The van der Waals surface area contributed by atoms with Crippen LogP contribution in [0.3, 0.4) is 0 Å². The van der Waals surface area contributed by atoms with Crippen molar-refractivity contribution in [2.75, 3.05) is 0 Å². The lowest BCUT2D eigenvalue weighted by molar-refractivity contribution is 0.460. The summed E-state index contributed by atoms with van der Waals surface area (Å²) < 4.78 is 4.97. The van der Waals surface area contributed by atoms with E-state index >= 15 is 0 Å². The van der Waals surface area contributed by atoms with Crippen LogP contribution in [0.15, 0.2) is 188 Å². The largest absolute Gasteiger partial charge is 0.365 e. The lowest BCUT2D eigenvalue weighted by Crippen LogP contribution is -2.45. The van der Waals surface area contributed by atoms with Gasteiger partial charge in [0.25, 0.3) is 0 Å². The second-order valence-corrected chi connectivity index (χ2v) is 13.8. The van der Waals surface area contributed by atoms with Gasteiger partial charge in [-0.2, -0.15) is 0 Å². The number of hydrogen-bond donors (Lipinski definition) is 2. The smallest absolute Gasteiger partial charge is 0.104 e. The van der Waals surface area contributed by atoms with Gasteiger partial charge in [-0.05, 0) is 63.9 Å². The van der Waals surface area contributed by atoms with E-state index in [-0.39, 0.29) is 12.2 Å². The minimum atomic E-state index is -0.0877. The van der Waals surface area contributed by atoms with Crippen LogP contribution < -0.4 is 10.6 Å². The molecule has 1 aliphatic carbocycles. The molecule has 2 aliphatic rings. The van der Waals surface area contributed by atoms with Crippen LogP contribution in [-0.2, 0) is 0 Å². The molecule has 246 valence electrons. The number of rotatable bonds is 4. The van der Waals surface area contributed by atoms with Gasteiger partial charge >= 0.3 is 0 Å². The SMILES string of the molecule is C1=CC2=C(c3ccccc3)NC(c3cccc(-n4c5ccccc5c5ccc6c7c8ccccc8ccc7n(-c7ccccc7)c6c54)c3)NC2C=C1. The molecule has 0 saturated carbocycles. The topological polar surface area (TPSA) is 33.9 Å². The number of allylic oxidation sites excluding steroid dienone is 2. The first-order valence-corrected chi connectivity index (χ1v) is 18.0. The third kappa shape index (κ3) is 4.31. The summed E-state index contributed by atoms with van der Waals surface area (Å²) in [6.45, 7) is 0. The summed E-state index contributed by atoms with van der Waals surface area (Å²) >= 11 is 0. The summed E-state index contributed by atoms with van der Waals surface area (Å²) in [7, 11) is 0. The highest BCUT2D eigenvalue weighted by Crippen LogP contribution is 2.44. The van der Waals surface area contributed by atoms with E-state index in [4.69, 9.17) is 0 Å². The van der Waals surface area contributed by atoms with E-state index in [0.717, 1.165) is 11.4 Å². The summed E-state index contributed by atoms with van der Waals surface area (Å²) in [4.78, 5) is 0. The fraction of sp³-hybridized carbons (Fsp3) is 0.0417. The molecule has 52 heavy (non-hydrogen) atoms. The average molecular weight is 667 g/mol. The average Bonchev–Trinajstić information content (AvgIpc) is 3.74. The number of para-hydroxylation sites is 2. The van der Waals surface area contributed by atoms with Gasteiger partial charge in [-0.3, -0.25) is 5.32 Å². The highest BCUT2D eigenvalue weighted by Gasteiger charge is 2.29. The maximum atomic E-state index is 3.90. The Morgan fingerprint density at radius 2 is 1.21 bits per heavy atom. The molecule has 2 N–H and O–H groups in total. The Bertz CT molecular complexity index is 2960. The van der Waals surface area contributed by atoms with E-state index in [9.17, 15) is 0 Å². The van der Waals surface area contributed by atoms with Crippen molar-refractivity contribution in [1.82, 2.24) is 19.8 Å². The lowest BCUT2D eigenvalue weighted by atomic mass is 9.92. The zero-order valence-electron chi connectivity index (χ0n) is 28.4. The van der Waals surface area contributed by atoms with E-state index in [0.29, 0.717) is 0 Å². The minimum absolute atomic E-state index is 0.0877. The van der Waals surface area contributed by atoms with E-state index in [1.54, 1.807) is 0 Å². The molecule has 4 heteroatoms. The first kappa shape index (κ1) is 29.1. The van der Waals surface area contributed by atoms with Crippen LogP contribution >= 0.6 is 0 Å². The van der Waals surface area contributed by atoms with Crippen molar-refractivity contribution in [3.8, 4) is 11.4 Å². The molecule has 1 aliphatic heterocycles. The van der Waals surface area contributed by atoms with Crippen LogP contribution in [0.4, 0.5) is 0 Å². The van der Waals surface area contributed by atoms with Crippen LogP contribution in [0.2, 0.25) is 0 Å². The Balaban J connectivity index is 1.19. The quantitative estimate of drug-likeness (QED) is 0.196. The minimum Gasteiger partial charge on any atom is -0.365 e. The molecule has 11 rings (SSSR count). The molecule has 0 fully saturated rings. The van der Waals surface area contributed by atoms with Crippen LogP contribution in [0.1, 0.15) is 17.3 Å². The zero-order chi connectivity index (χ0) is 34.2. The molecular formula is C48H34N4. The van der Waals surface area contributed by atoms with Crippen molar-refractivity contribution in [2.24, 2.45) is 0 Å². The van der Waals surface area contributed by atoms with Crippen LogP contribution in [0.5, 0.6) is 0 Å². The van der Waals surface area contributed by atoms with Gasteiger partial charge in [0, 0.05) is 38.6 Å². The highest BCUT2D eigenvalue weighted by molar-refractivity contribution is 6.28. The Morgan fingerprint density at radius 3 is 2.10 bits per heavy atom. The standard InChI is InChI=1S/C48H34N4/c1-3-15-32(16-4-1)45-39-23-9-11-24-41(39)49-48(50-45)33-17-13-20-35(30-33)52-42-25-12-10-22-37(42)38-27-28-40-44-36-21-8-7-14-31(36)26-29-43(44)51(47(40)46(38)52)34-18-5-2-6-19-34/h1-30,41,48-50H. The summed E-state index contributed by atoms with van der Waals surface area (Å²) in [6.07, 6.45) is 8.65. The third-order valence-electron chi connectivity index (χ3n) is 10.9. The van der Waals surface area contributed by atoms with Gasteiger partial charge < -0.3 is 14.5 Å². The molecule has 0 amide bonds. The Labute approximate surface area is 301 Å². The van der Waals surface area contributed by atoms with Crippen molar-refractivity contribution < 1.29 is 0 Å². The van der Waals surface area contributed by atoms with E-state index in [1.165, 1.54) is 76.8 Å². The molecule has 3 heterocycles. The molecule has 9 aromatic rings. The normalized spacial score (nSPS) is 17.1. The number of nitrogens with zero attached hydrogens (tertiary/aromatic N) is 2. The van der Waals surface area contributed by atoms with Crippen LogP contribution in [-0.4, -0.2) is 15.2 Å². The number of aromatic nitrogens is 2. The van der Waals surface area contributed by atoms with Gasteiger partial charge in [0.15, 0.2) is 0 Å². The van der Waals surface area contributed by atoms with E-state index in [2.05, 4.69) is 202 Å². The monoisotopic (exact) mass is 666 g/mol. The van der Waals surface area contributed by atoms with Crippen LogP contribution in [0, 0.1) is 0 Å². The number of fused-ring (bicyclic) bond motifs is 10. The van der Waals surface area contributed by atoms with Gasteiger partial charge in [0.2, 0.25) is 0 Å². The maximum absolute atomic E-state index is 3.90. The molecule has 0 bridgehead atoms. The van der Waals surface area contributed by atoms with Gasteiger partial charge in [-0.15, -0.1) is 0 Å². The number of nitrogens with one attached hydrogen (secondary N) is 2. The molecule has 0 radical (unpaired) electrons. The van der Waals surface area contributed by atoms with Crippen molar-refractivity contribution in [3.63, 3.8) is 0 Å². The fourth-order valence-electron chi connectivity index (χ4n) is 8.68. The first-order chi connectivity index (χ1) is 25.8. The summed E-state index contributed by atoms with van der Waals surface area (Å²) in [5.41, 5.74) is 11.9. The summed E-state index contributed by atoms with van der Waals surface area (Å²) in [5.74, 6) is 0. The Kier molecular flexibility index (Phi) is 6.42. The van der Waals surface area contributed by atoms with E-state index < -0.39 is 0 Å². The highest BCUT2D eigenvalue weighted by atomic mass is 15.2. The summed E-state index contributed by atoms with van der Waals surface area (Å²) in [6, 6.07) is 57.5. The van der Waals surface area contributed by atoms with Gasteiger partial charge in [-0.25, -0.2) is 0 Å². The number of hydrogen-bond acceptors (Lipinski definition) is 2. The molecule has 7 aromatic carbocycles. The molecule has 2 unspecified atom stereocenters. The fourth-order valence-corrected chi connectivity index (χ4v) is 8.68. The van der Waals surface area contributed by atoms with Gasteiger partial charge in [0.05, 0.1) is 28.1 Å². The number of benzene rings is 7. The molecule has 4 nitrogen and oxygen atoms in total. The second-order valence-electron chi connectivity index (χ2n) is 13.8. The molecular weight excluding hydrogens is 633 g/mol. The lowest BCUT2D eigenvalue weighted by Gasteiger charge is -2.36. The van der Waals surface area contributed by atoms with Gasteiger partial charge in [0.1, 0.15) is 6.17 Å². The Hall–Kier alpha value is -6.62. The van der Waals surface area contributed by atoms with Crippen molar-refractivity contribution in [3.05, 3.63) is 199 Å². The van der Waals surface area contributed by atoms with Crippen LogP contribution in [0.25, 0.3) is 71.5 Å². The van der Waals surface area contributed by atoms with Crippen molar-refractivity contribution in [1.29, 1.82) is 0 Å². The maximum Gasteiger partial charge on any atom is 0.104 e. The Morgan fingerprint density at radius 1 is 0.500 bits per heavy atom. The van der Waals surface area contributed by atoms with E-state index in [1.807, 2.05) is 0 Å². The van der Waals surface area contributed by atoms with Crippen molar-refractivity contribution >= 4 is 60.1 Å². The first-order valence-electron chi connectivity index (χ1n) is 18.0. The molecule has 0 saturated heterocycles. The summed E-state index contributed by atoms with van der Waals surface area (Å²) in [5, 5.41) is 15.3. The molecule has 2 aromatic heterocycles. The molecule has 0 spiro atoms. The zero-order valence-corrected chi connectivity index (χ0v) is 28.4. The predicted octanol–water partition coefficient (Wildman–Crippen LogP) is 11.1.